The van der Waals surface area contributed by atoms with Gasteiger partial charge in [0.05, 0.1) is 17.0 Å². The van der Waals surface area contributed by atoms with Crippen LogP contribution in [0.2, 0.25) is 5.02 Å². The molecule has 8 heteroatoms. The summed E-state index contributed by atoms with van der Waals surface area (Å²) in [5.74, 6) is 0.576. The number of benzene rings is 2. The fraction of sp³-hybridized carbons (Fsp3) is 0.133. The first kappa shape index (κ1) is 17.5. The monoisotopic (exact) mass is 370 g/mol. The summed E-state index contributed by atoms with van der Waals surface area (Å²) in [4.78, 5) is 0.254. The lowest BCUT2D eigenvalue weighted by atomic mass is 10.3. The largest absolute Gasteiger partial charge is 0.495 e. The fourth-order valence-electron chi connectivity index (χ4n) is 1.82. The van der Waals surface area contributed by atoms with Crippen LogP contribution in [0.5, 0.6) is 5.75 Å². The lowest BCUT2D eigenvalue weighted by molar-refractivity contribution is 0.415. The molecule has 0 spiro atoms. The van der Waals surface area contributed by atoms with Crippen molar-refractivity contribution in [2.45, 2.75) is 4.90 Å². The highest BCUT2D eigenvalue weighted by Gasteiger charge is 2.07. The minimum absolute atomic E-state index is 0.254. The van der Waals surface area contributed by atoms with Gasteiger partial charge in [0.1, 0.15) is 5.75 Å². The Balaban J connectivity index is 2.03. The van der Waals surface area contributed by atoms with Crippen molar-refractivity contribution in [1.82, 2.24) is 0 Å². The average Bonchev–Trinajstić information content (AvgIpc) is 2.47. The van der Waals surface area contributed by atoms with Crippen molar-refractivity contribution in [1.29, 1.82) is 0 Å². The molecule has 0 radical (unpaired) electrons. The topological polar surface area (TPSA) is 67.4 Å². The Morgan fingerprint density at radius 1 is 1.09 bits per heavy atom. The molecular weight excluding hydrogens is 356 g/mol. The van der Waals surface area contributed by atoms with E-state index in [0.29, 0.717) is 27.3 Å². The van der Waals surface area contributed by atoms with Crippen LogP contribution < -0.4 is 15.4 Å². The summed E-state index contributed by atoms with van der Waals surface area (Å²) in [7, 11) is -1.67. The van der Waals surface area contributed by atoms with Crippen LogP contribution in [0.25, 0.3) is 0 Å². The Bertz CT molecular complexity index is 821. The van der Waals surface area contributed by atoms with Gasteiger partial charge in [-0.25, -0.2) is 8.42 Å². The summed E-state index contributed by atoms with van der Waals surface area (Å²) >= 11 is 11.3. The van der Waals surface area contributed by atoms with E-state index in [0.717, 1.165) is 6.26 Å². The van der Waals surface area contributed by atoms with E-state index in [1.54, 1.807) is 37.4 Å². The van der Waals surface area contributed by atoms with Crippen LogP contribution >= 0.6 is 23.8 Å². The van der Waals surface area contributed by atoms with Gasteiger partial charge in [-0.15, -0.1) is 0 Å². The lowest BCUT2D eigenvalue weighted by Gasteiger charge is -2.12. The SMILES string of the molecule is COc1ccc(NC(=S)Nc2ccc(S(C)(=O)=O)cc2)cc1Cl. The zero-order chi connectivity index (χ0) is 17.0. The molecule has 2 aromatic rings. The van der Waals surface area contributed by atoms with Crippen molar-refractivity contribution < 1.29 is 13.2 Å². The predicted octanol–water partition coefficient (Wildman–Crippen LogP) is 3.56. The summed E-state index contributed by atoms with van der Waals surface area (Å²) in [6.07, 6.45) is 1.16. The third kappa shape index (κ3) is 4.82. The maximum Gasteiger partial charge on any atom is 0.175 e. The second-order valence-corrected chi connectivity index (χ2v) is 7.56. The van der Waals surface area contributed by atoms with Crippen LogP contribution in [0.1, 0.15) is 0 Å². The molecule has 0 aliphatic carbocycles. The number of thiocarbonyl (C=S) groups is 1. The third-order valence-electron chi connectivity index (χ3n) is 2.95. The Hall–Kier alpha value is -1.83. The highest BCUT2D eigenvalue weighted by atomic mass is 35.5. The predicted molar refractivity (Wildman–Crippen MR) is 97.4 cm³/mol. The highest BCUT2D eigenvalue weighted by molar-refractivity contribution is 7.90. The summed E-state index contributed by atoms with van der Waals surface area (Å²) in [5, 5.41) is 6.79. The number of hydrogen-bond donors (Lipinski definition) is 2. The van der Waals surface area contributed by atoms with Gasteiger partial charge in [-0.1, -0.05) is 11.6 Å². The van der Waals surface area contributed by atoms with Gasteiger partial charge < -0.3 is 15.4 Å². The van der Waals surface area contributed by atoms with Crippen LogP contribution in [0, 0.1) is 0 Å². The molecule has 0 amide bonds. The number of sulfone groups is 1. The summed E-state index contributed by atoms with van der Waals surface area (Å²) in [5.41, 5.74) is 1.38. The second kappa shape index (κ2) is 7.16. The van der Waals surface area contributed by atoms with Gasteiger partial charge in [-0.2, -0.15) is 0 Å². The first-order chi connectivity index (χ1) is 10.8. The summed E-state index contributed by atoms with van der Waals surface area (Å²) in [6.45, 7) is 0. The number of methoxy groups -OCH3 is 1. The van der Waals surface area contributed by atoms with Crippen LogP contribution in [-0.2, 0) is 9.84 Å². The molecule has 23 heavy (non-hydrogen) atoms. The minimum atomic E-state index is -3.21. The zero-order valence-corrected chi connectivity index (χ0v) is 14.8. The molecule has 0 aliphatic rings. The number of hydrogen-bond acceptors (Lipinski definition) is 4. The van der Waals surface area contributed by atoms with E-state index in [1.807, 2.05) is 0 Å². The van der Waals surface area contributed by atoms with Gasteiger partial charge >= 0.3 is 0 Å². The van der Waals surface area contributed by atoms with Crippen molar-refractivity contribution in [3.8, 4) is 5.75 Å². The Labute approximate surface area is 145 Å². The van der Waals surface area contributed by atoms with Crippen LogP contribution in [0.3, 0.4) is 0 Å². The van der Waals surface area contributed by atoms with E-state index >= 15 is 0 Å². The van der Waals surface area contributed by atoms with Gasteiger partial charge in [-0.3, -0.25) is 0 Å². The van der Waals surface area contributed by atoms with E-state index in [1.165, 1.54) is 12.1 Å². The van der Waals surface area contributed by atoms with E-state index < -0.39 is 9.84 Å². The maximum atomic E-state index is 11.4. The first-order valence-corrected chi connectivity index (χ1v) is 9.19. The molecule has 5 nitrogen and oxygen atoms in total. The van der Waals surface area contributed by atoms with E-state index in [2.05, 4.69) is 10.6 Å². The second-order valence-electron chi connectivity index (χ2n) is 4.72. The van der Waals surface area contributed by atoms with E-state index in [-0.39, 0.29) is 4.90 Å². The number of anilines is 2. The lowest BCUT2D eigenvalue weighted by Crippen LogP contribution is -2.19. The Morgan fingerprint density at radius 2 is 1.65 bits per heavy atom. The van der Waals surface area contributed by atoms with Gasteiger partial charge in [0.25, 0.3) is 0 Å². The Kier molecular flexibility index (Phi) is 5.46. The van der Waals surface area contributed by atoms with Gasteiger partial charge in [-0.05, 0) is 54.7 Å². The molecule has 0 saturated carbocycles. The first-order valence-electron chi connectivity index (χ1n) is 6.51. The van der Waals surface area contributed by atoms with Crippen molar-refractivity contribution in [3.63, 3.8) is 0 Å². The van der Waals surface area contributed by atoms with Crippen LogP contribution in [0.4, 0.5) is 11.4 Å². The van der Waals surface area contributed by atoms with Crippen molar-refractivity contribution >= 4 is 50.1 Å². The molecule has 2 rings (SSSR count). The number of halogens is 1. The molecule has 0 aromatic heterocycles. The molecule has 0 unspecified atom stereocenters. The van der Waals surface area contributed by atoms with E-state index in [9.17, 15) is 8.42 Å². The van der Waals surface area contributed by atoms with Crippen molar-refractivity contribution in [2.24, 2.45) is 0 Å². The maximum absolute atomic E-state index is 11.4. The number of rotatable bonds is 4. The van der Waals surface area contributed by atoms with Crippen LogP contribution in [0.15, 0.2) is 47.4 Å². The molecule has 2 N–H and O–H groups in total. The van der Waals surface area contributed by atoms with Crippen LogP contribution in [-0.4, -0.2) is 26.9 Å². The summed E-state index contributed by atoms with van der Waals surface area (Å²) < 4.78 is 27.9. The minimum Gasteiger partial charge on any atom is -0.495 e. The zero-order valence-electron chi connectivity index (χ0n) is 12.5. The molecule has 2 aromatic carbocycles. The van der Waals surface area contributed by atoms with Crippen molar-refractivity contribution in [3.05, 3.63) is 47.5 Å². The molecule has 0 aliphatic heterocycles. The molecule has 0 saturated heterocycles. The smallest absolute Gasteiger partial charge is 0.175 e. The van der Waals surface area contributed by atoms with Gasteiger partial charge in [0.15, 0.2) is 14.9 Å². The van der Waals surface area contributed by atoms with Crippen molar-refractivity contribution in [2.75, 3.05) is 24.0 Å². The molecule has 0 heterocycles. The molecule has 0 bridgehead atoms. The van der Waals surface area contributed by atoms with E-state index in [4.69, 9.17) is 28.6 Å². The highest BCUT2D eigenvalue weighted by Crippen LogP contribution is 2.27. The molecular formula is C15H15ClN2O3S2. The summed E-state index contributed by atoms with van der Waals surface area (Å²) in [6, 6.07) is 11.5. The standard InChI is InChI=1S/C15H15ClN2O3S2/c1-21-14-8-5-11(9-13(14)16)18-15(22)17-10-3-6-12(7-4-10)23(2,19)20/h3-9H,1-2H3,(H2,17,18,22). The number of nitrogens with one attached hydrogen (secondary N) is 2. The number of ether oxygens (including phenoxy) is 1. The molecule has 122 valence electrons. The van der Waals surface area contributed by atoms with Gasteiger partial charge in [0.2, 0.25) is 0 Å². The third-order valence-corrected chi connectivity index (χ3v) is 4.58. The fourth-order valence-corrected chi connectivity index (χ4v) is 2.95. The normalized spacial score (nSPS) is 10.9. The molecule has 0 fully saturated rings. The molecule has 0 atom stereocenters. The Morgan fingerprint density at radius 3 is 2.17 bits per heavy atom. The van der Waals surface area contributed by atoms with Gasteiger partial charge in [0, 0.05) is 17.6 Å². The quantitative estimate of drug-likeness (QED) is 0.802. The average molecular weight is 371 g/mol.